The molecule has 23 heavy (non-hydrogen) atoms. The van der Waals surface area contributed by atoms with Gasteiger partial charge in [0.05, 0.1) is 32.1 Å². The average molecular weight is 314 g/mol. The first-order valence-electron chi connectivity index (χ1n) is 7.39. The molecule has 0 aliphatic rings. The fourth-order valence-corrected chi connectivity index (χ4v) is 2.51. The number of nitrogens with zero attached hydrogens (tertiary/aromatic N) is 2. The Morgan fingerprint density at radius 1 is 1.13 bits per heavy atom. The van der Waals surface area contributed by atoms with Gasteiger partial charge >= 0.3 is 0 Å². The van der Waals surface area contributed by atoms with Gasteiger partial charge in [-0.1, -0.05) is 0 Å². The highest BCUT2D eigenvalue weighted by atomic mass is 16.5. The average Bonchev–Trinajstić information content (AvgIpc) is 2.52. The van der Waals surface area contributed by atoms with Gasteiger partial charge in [0.25, 0.3) is 0 Å². The highest BCUT2D eigenvalue weighted by Gasteiger charge is 2.18. The smallest absolute Gasteiger partial charge is 0.224 e. The van der Waals surface area contributed by atoms with Crippen LogP contribution in [-0.2, 0) is 11.3 Å². The molecule has 122 valence electrons. The monoisotopic (exact) mass is 314 g/mol. The third-order valence-corrected chi connectivity index (χ3v) is 3.68. The Balaban J connectivity index is 2.42. The van der Waals surface area contributed by atoms with E-state index in [2.05, 4.69) is 4.98 Å². The Bertz CT molecular complexity index is 713. The molecule has 5 heteroatoms. The molecule has 0 unspecified atom stereocenters. The van der Waals surface area contributed by atoms with Crippen molar-refractivity contribution in [2.75, 3.05) is 19.1 Å². The van der Waals surface area contributed by atoms with Gasteiger partial charge in [-0.25, -0.2) is 0 Å². The number of benzene rings is 1. The van der Waals surface area contributed by atoms with Gasteiger partial charge in [-0.05, 0) is 44.2 Å². The molecule has 0 aliphatic heterocycles. The number of aromatic nitrogens is 1. The lowest BCUT2D eigenvalue weighted by Gasteiger charge is -2.24. The van der Waals surface area contributed by atoms with E-state index in [1.54, 1.807) is 26.0 Å². The second-order valence-corrected chi connectivity index (χ2v) is 5.34. The van der Waals surface area contributed by atoms with Gasteiger partial charge in [0.1, 0.15) is 11.5 Å². The highest BCUT2D eigenvalue weighted by molar-refractivity contribution is 5.92. The summed E-state index contributed by atoms with van der Waals surface area (Å²) in [5.41, 5.74) is 3.42. The summed E-state index contributed by atoms with van der Waals surface area (Å²) in [4.78, 5) is 18.3. The predicted octanol–water partition coefficient (Wildman–Crippen LogP) is 3.27. The van der Waals surface area contributed by atoms with Crippen LogP contribution in [0.5, 0.6) is 11.5 Å². The Morgan fingerprint density at radius 3 is 2.43 bits per heavy atom. The summed E-state index contributed by atoms with van der Waals surface area (Å²) in [6.45, 7) is 5.77. The van der Waals surface area contributed by atoms with Gasteiger partial charge < -0.3 is 14.4 Å². The number of carbonyl (C=O) groups is 1. The van der Waals surface area contributed by atoms with E-state index in [1.165, 1.54) is 0 Å². The van der Waals surface area contributed by atoms with E-state index < -0.39 is 0 Å². The third kappa shape index (κ3) is 3.80. The van der Waals surface area contributed by atoms with E-state index in [0.29, 0.717) is 6.54 Å². The van der Waals surface area contributed by atoms with Crippen LogP contribution in [0.2, 0.25) is 0 Å². The standard InChI is InChI=1S/C18H22N2O3/c1-12-6-8-17(13(2)19-12)20(14(3)21)11-15-10-16(22-4)7-9-18(15)23-5/h6-10H,11H2,1-5H3. The van der Waals surface area contributed by atoms with Gasteiger partial charge in [0.15, 0.2) is 0 Å². The maximum Gasteiger partial charge on any atom is 0.224 e. The van der Waals surface area contributed by atoms with Crippen LogP contribution in [0.3, 0.4) is 0 Å². The molecule has 1 heterocycles. The lowest BCUT2D eigenvalue weighted by molar-refractivity contribution is -0.116. The molecule has 0 aliphatic carbocycles. The van der Waals surface area contributed by atoms with E-state index in [4.69, 9.17) is 9.47 Å². The normalized spacial score (nSPS) is 10.3. The minimum absolute atomic E-state index is 0.0522. The van der Waals surface area contributed by atoms with Crippen molar-refractivity contribution in [2.24, 2.45) is 0 Å². The number of hydrogen-bond donors (Lipinski definition) is 0. The van der Waals surface area contributed by atoms with Crippen molar-refractivity contribution in [1.29, 1.82) is 0 Å². The van der Waals surface area contributed by atoms with E-state index in [-0.39, 0.29) is 5.91 Å². The molecule has 0 bridgehead atoms. The molecular formula is C18H22N2O3. The number of anilines is 1. The molecule has 2 rings (SSSR count). The molecule has 0 radical (unpaired) electrons. The number of hydrogen-bond acceptors (Lipinski definition) is 4. The van der Waals surface area contributed by atoms with Crippen molar-refractivity contribution in [3.8, 4) is 11.5 Å². The summed E-state index contributed by atoms with van der Waals surface area (Å²) >= 11 is 0. The van der Waals surface area contributed by atoms with Crippen molar-refractivity contribution >= 4 is 11.6 Å². The molecule has 0 saturated carbocycles. The van der Waals surface area contributed by atoms with Crippen LogP contribution in [0, 0.1) is 13.8 Å². The Labute approximate surface area is 136 Å². The van der Waals surface area contributed by atoms with E-state index >= 15 is 0 Å². The number of ether oxygens (including phenoxy) is 2. The molecule has 0 spiro atoms. The summed E-state index contributed by atoms with van der Waals surface area (Å²) in [6, 6.07) is 9.38. The van der Waals surface area contributed by atoms with Crippen LogP contribution in [0.15, 0.2) is 30.3 Å². The highest BCUT2D eigenvalue weighted by Crippen LogP contribution is 2.28. The Kier molecular flexibility index (Phi) is 5.21. The summed E-state index contributed by atoms with van der Waals surface area (Å²) < 4.78 is 10.7. The number of carbonyl (C=O) groups excluding carboxylic acids is 1. The lowest BCUT2D eigenvalue weighted by Crippen LogP contribution is -2.29. The van der Waals surface area contributed by atoms with Crippen molar-refractivity contribution in [3.63, 3.8) is 0 Å². The number of aryl methyl sites for hydroxylation is 2. The molecule has 5 nitrogen and oxygen atoms in total. The van der Waals surface area contributed by atoms with Gasteiger partial charge in [-0.3, -0.25) is 9.78 Å². The molecule has 1 aromatic heterocycles. The number of rotatable bonds is 5. The molecule has 1 amide bonds. The lowest BCUT2D eigenvalue weighted by atomic mass is 10.1. The van der Waals surface area contributed by atoms with Crippen LogP contribution in [0.25, 0.3) is 0 Å². The topological polar surface area (TPSA) is 51.7 Å². The van der Waals surface area contributed by atoms with Crippen molar-refractivity contribution < 1.29 is 14.3 Å². The van der Waals surface area contributed by atoms with Crippen molar-refractivity contribution in [1.82, 2.24) is 4.98 Å². The largest absolute Gasteiger partial charge is 0.497 e. The van der Waals surface area contributed by atoms with E-state index in [9.17, 15) is 4.79 Å². The summed E-state index contributed by atoms with van der Waals surface area (Å²) in [5, 5.41) is 0. The molecule has 1 aromatic carbocycles. The molecule has 0 atom stereocenters. The van der Waals surface area contributed by atoms with Crippen LogP contribution in [0.1, 0.15) is 23.9 Å². The van der Waals surface area contributed by atoms with E-state index in [0.717, 1.165) is 34.1 Å². The van der Waals surface area contributed by atoms with Crippen LogP contribution >= 0.6 is 0 Å². The summed E-state index contributed by atoms with van der Waals surface area (Å²) in [7, 11) is 3.23. The first-order chi connectivity index (χ1) is 11.0. The fourth-order valence-electron chi connectivity index (χ4n) is 2.51. The minimum Gasteiger partial charge on any atom is -0.497 e. The first-order valence-corrected chi connectivity index (χ1v) is 7.39. The second-order valence-electron chi connectivity index (χ2n) is 5.34. The molecule has 2 aromatic rings. The van der Waals surface area contributed by atoms with Crippen molar-refractivity contribution in [3.05, 3.63) is 47.3 Å². The van der Waals surface area contributed by atoms with E-state index in [1.807, 2.05) is 44.2 Å². The second kappa shape index (κ2) is 7.13. The zero-order valence-corrected chi connectivity index (χ0v) is 14.2. The predicted molar refractivity (Wildman–Crippen MR) is 90.1 cm³/mol. The quantitative estimate of drug-likeness (QED) is 0.850. The molecule has 0 saturated heterocycles. The molecular weight excluding hydrogens is 292 g/mol. The zero-order chi connectivity index (χ0) is 17.0. The van der Waals surface area contributed by atoms with Gasteiger partial charge in [-0.2, -0.15) is 0 Å². The molecule has 0 fully saturated rings. The first kappa shape index (κ1) is 16.8. The Hall–Kier alpha value is -2.56. The maximum atomic E-state index is 12.2. The fraction of sp³-hybridized carbons (Fsp3) is 0.333. The van der Waals surface area contributed by atoms with Crippen LogP contribution in [-0.4, -0.2) is 25.1 Å². The number of methoxy groups -OCH3 is 2. The van der Waals surface area contributed by atoms with Crippen LogP contribution in [0.4, 0.5) is 5.69 Å². The number of pyridine rings is 1. The SMILES string of the molecule is COc1ccc(OC)c(CN(C(C)=O)c2ccc(C)nc2C)c1. The minimum atomic E-state index is -0.0522. The summed E-state index contributed by atoms with van der Waals surface area (Å²) in [5.74, 6) is 1.39. The van der Waals surface area contributed by atoms with Crippen LogP contribution < -0.4 is 14.4 Å². The maximum absolute atomic E-state index is 12.2. The van der Waals surface area contributed by atoms with Gasteiger partial charge in [0, 0.05) is 18.2 Å². The Morgan fingerprint density at radius 2 is 1.87 bits per heavy atom. The van der Waals surface area contributed by atoms with Crippen molar-refractivity contribution in [2.45, 2.75) is 27.3 Å². The summed E-state index contributed by atoms with van der Waals surface area (Å²) in [6.07, 6.45) is 0. The number of amides is 1. The molecule has 0 N–H and O–H groups in total. The third-order valence-electron chi connectivity index (χ3n) is 3.68. The van der Waals surface area contributed by atoms with Gasteiger partial charge in [0.2, 0.25) is 5.91 Å². The van der Waals surface area contributed by atoms with Gasteiger partial charge in [-0.15, -0.1) is 0 Å². The zero-order valence-electron chi connectivity index (χ0n) is 14.2.